The lowest BCUT2D eigenvalue weighted by Crippen LogP contribution is -2.27. The van der Waals surface area contributed by atoms with E-state index in [1.54, 1.807) is 14.7 Å². The zero-order valence-electron chi connectivity index (χ0n) is 11.2. The molecule has 0 saturated heterocycles. The Labute approximate surface area is 138 Å². The van der Waals surface area contributed by atoms with E-state index in [0.717, 1.165) is 11.8 Å². The molecule has 2 unspecified atom stereocenters. The summed E-state index contributed by atoms with van der Waals surface area (Å²) in [6.07, 6.45) is 11.7. The lowest BCUT2D eigenvalue weighted by molar-refractivity contribution is 0.231. The molecule has 0 amide bonds. The molecule has 0 heterocycles. The van der Waals surface area contributed by atoms with Crippen molar-refractivity contribution in [1.29, 1.82) is 0 Å². The number of hydrogen-bond donors (Lipinski definition) is 0. The van der Waals surface area contributed by atoms with E-state index in [-0.39, 0.29) is 0 Å². The van der Waals surface area contributed by atoms with Crippen molar-refractivity contribution in [2.45, 2.75) is 33.6 Å². The van der Waals surface area contributed by atoms with Crippen molar-refractivity contribution < 1.29 is 0 Å². The fourth-order valence-electron chi connectivity index (χ4n) is 3.50. The second-order valence-electron chi connectivity index (χ2n) is 5.69. The second-order valence-corrected chi connectivity index (χ2v) is 7.79. The Balaban J connectivity index is 2.50. The van der Waals surface area contributed by atoms with Gasteiger partial charge < -0.3 is 0 Å². The largest absolute Gasteiger partial charge is 0.0874 e. The first-order valence-corrected chi connectivity index (χ1v) is 8.83. The zero-order valence-corrected chi connectivity index (χ0v) is 15.5. The van der Waals surface area contributed by atoms with E-state index in [4.69, 9.17) is 0 Å². The molecule has 0 aromatic heterocycles. The van der Waals surface area contributed by atoms with Gasteiger partial charge in [-0.25, -0.2) is 0 Å². The SMILES string of the molecule is C/C=C\C1=C(/C=C/I)C(C)(C)C2CC(I)=CCC12. The summed E-state index contributed by atoms with van der Waals surface area (Å²) >= 11 is 4.85. The van der Waals surface area contributed by atoms with Crippen LogP contribution in [0.15, 0.2) is 43.1 Å². The van der Waals surface area contributed by atoms with E-state index in [2.05, 4.69) is 94.3 Å². The van der Waals surface area contributed by atoms with Gasteiger partial charge in [0.1, 0.15) is 0 Å². The number of allylic oxidation sites excluding steroid dienone is 7. The highest BCUT2D eigenvalue weighted by atomic mass is 127. The van der Waals surface area contributed by atoms with Crippen LogP contribution in [-0.2, 0) is 0 Å². The van der Waals surface area contributed by atoms with E-state index in [9.17, 15) is 0 Å². The van der Waals surface area contributed by atoms with Crippen LogP contribution in [-0.4, -0.2) is 0 Å². The Bertz CT molecular complexity index is 450. The predicted molar refractivity (Wildman–Crippen MR) is 97.1 cm³/mol. The molecule has 0 fully saturated rings. The van der Waals surface area contributed by atoms with Gasteiger partial charge in [-0.3, -0.25) is 0 Å². The first-order valence-electron chi connectivity index (χ1n) is 6.51. The third-order valence-corrected chi connectivity index (χ3v) is 5.64. The summed E-state index contributed by atoms with van der Waals surface area (Å²) < 4.78 is 3.70. The highest BCUT2D eigenvalue weighted by Gasteiger charge is 2.46. The van der Waals surface area contributed by atoms with Crippen LogP contribution in [0.4, 0.5) is 0 Å². The van der Waals surface area contributed by atoms with Crippen LogP contribution in [0.5, 0.6) is 0 Å². The summed E-state index contributed by atoms with van der Waals surface area (Å²) in [6.45, 7) is 6.96. The number of halogens is 2. The molecule has 18 heavy (non-hydrogen) atoms. The maximum absolute atomic E-state index is 2.51. The standard InChI is InChI=1S/C16H20I2/c1-4-5-12-13-7-6-11(18)10-15(13)16(2,3)14(12)8-9-17/h4-6,8-9,13,15H,7,10H2,1-3H3/b5-4-,9-8+. The molecule has 0 radical (unpaired) electrons. The molecule has 2 aliphatic carbocycles. The lowest BCUT2D eigenvalue weighted by Gasteiger charge is -2.35. The molecular formula is C16H20I2. The van der Waals surface area contributed by atoms with Crippen molar-refractivity contribution in [3.8, 4) is 0 Å². The molecule has 2 aliphatic rings. The molecule has 0 saturated carbocycles. The van der Waals surface area contributed by atoms with Gasteiger partial charge in [0.15, 0.2) is 0 Å². The fraction of sp³-hybridized carbons (Fsp3) is 0.500. The van der Waals surface area contributed by atoms with E-state index >= 15 is 0 Å². The molecule has 0 spiro atoms. The maximum atomic E-state index is 2.51. The zero-order chi connectivity index (χ0) is 13.3. The first kappa shape index (κ1) is 14.8. The third kappa shape index (κ3) is 2.51. The van der Waals surface area contributed by atoms with Crippen LogP contribution >= 0.6 is 45.2 Å². The Hall–Kier alpha value is 0.420. The number of hydrogen-bond acceptors (Lipinski definition) is 0. The van der Waals surface area contributed by atoms with Crippen LogP contribution in [0.25, 0.3) is 0 Å². The topological polar surface area (TPSA) is 0 Å². The van der Waals surface area contributed by atoms with Crippen molar-refractivity contribution in [3.05, 3.63) is 43.1 Å². The van der Waals surface area contributed by atoms with Crippen LogP contribution < -0.4 is 0 Å². The molecule has 0 aromatic carbocycles. The molecule has 0 aliphatic heterocycles. The van der Waals surface area contributed by atoms with Crippen molar-refractivity contribution in [2.24, 2.45) is 17.3 Å². The normalized spacial score (nSPS) is 31.3. The van der Waals surface area contributed by atoms with Crippen molar-refractivity contribution >= 4 is 45.2 Å². The van der Waals surface area contributed by atoms with Crippen LogP contribution in [0.2, 0.25) is 0 Å². The summed E-state index contributed by atoms with van der Waals surface area (Å²) in [5.74, 6) is 1.49. The van der Waals surface area contributed by atoms with Crippen LogP contribution in [0.3, 0.4) is 0 Å². The van der Waals surface area contributed by atoms with Gasteiger partial charge in [-0.1, -0.05) is 60.7 Å². The predicted octanol–water partition coefficient (Wildman–Crippen LogP) is 6.19. The van der Waals surface area contributed by atoms with Gasteiger partial charge in [-0.2, -0.15) is 0 Å². The lowest BCUT2D eigenvalue weighted by atomic mass is 9.70. The molecular weight excluding hydrogens is 446 g/mol. The first-order chi connectivity index (χ1) is 8.52. The van der Waals surface area contributed by atoms with Gasteiger partial charge >= 0.3 is 0 Å². The molecule has 0 nitrogen and oxygen atoms in total. The van der Waals surface area contributed by atoms with Crippen LogP contribution in [0.1, 0.15) is 33.6 Å². The van der Waals surface area contributed by atoms with Gasteiger partial charge in [-0.05, 0) is 78.4 Å². The summed E-state index contributed by atoms with van der Waals surface area (Å²) in [4.78, 5) is 0. The summed E-state index contributed by atoms with van der Waals surface area (Å²) in [7, 11) is 0. The quantitative estimate of drug-likeness (QED) is 0.426. The van der Waals surface area contributed by atoms with E-state index in [1.165, 1.54) is 12.8 Å². The molecule has 0 bridgehead atoms. The molecule has 2 heteroatoms. The Kier molecular flexibility index (Phi) is 4.79. The third-order valence-electron chi connectivity index (χ3n) is 4.40. The van der Waals surface area contributed by atoms with E-state index in [0.29, 0.717) is 5.41 Å². The van der Waals surface area contributed by atoms with Gasteiger partial charge in [0.25, 0.3) is 0 Å². The highest BCUT2D eigenvalue weighted by molar-refractivity contribution is 14.1. The van der Waals surface area contributed by atoms with E-state index in [1.807, 2.05) is 0 Å². The summed E-state index contributed by atoms with van der Waals surface area (Å²) in [5.41, 5.74) is 3.41. The molecule has 0 aromatic rings. The Morgan fingerprint density at radius 2 is 2.06 bits per heavy atom. The minimum Gasteiger partial charge on any atom is -0.0874 e. The van der Waals surface area contributed by atoms with E-state index < -0.39 is 0 Å². The van der Waals surface area contributed by atoms with Gasteiger partial charge in [0.2, 0.25) is 0 Å². The second kappa shape index (κ2) is 5.81. The van der Waals surface area contributed by atoms with Crippen molar-refractivity contribution in [2.75, 3.05) is 0 Å². The van der Waals surface area contributed by atoms with Gasteiger partial charge in [0.05, 0.1) is 0 Å². The molecule has 2 rings (SSSR count). The maximum Gasteiger partial charge on any atom is -0.00631 e. The molecule has 98 valence electrons. The average Bonchev–Trinajstić information content (AvgIpc) is 2.52. The summed E-state index contributed by atoms with van der Waals surface area (Å²) in [5, 5.41) is 0. The number of fused-ring (bicyclic) bond motifs is 1. The Morgan fingerprint density at radius 1 is 1.33 bits per heavy atom. The van der Waals surface area contributed by atoms with Gasteiger partial charge in [-0.15, -0.1) is 0 Å². The minimum absolute atomic E-state index is 0.297. The molecule has 2 atom stereocenters. The average molecular weight is 466 g/mol. The highest BCUT2D eigenvalue weighted by Crippen LogP contribution is 2.57. The Morgan fingerprint density at radius 3 is 2.67 bits per heavy atom. The van der Waals surface area contributed by atoms with Crippen molar-refractivity contribution in [3.63, 3.8) is 0 Å². The minimum atomic E-state index is 0.297. The van der Waals surface area contributed by atoms with Crippen LogP contribution in [0, 0.1) is 17.3 Å². The monoisotopic (exact) mass is 466 g/mol. The molecule has 0 N–H and O–H groups in total. The van der Waals surface area contributed by atoms with Gasteiger partial charge in [0, 0.05) is 0 Å². The number of rotatable bonds is 2. The smallest absolute Gasteiger partial charge is 0.00631 e. The van der Waals surface area contributed by atoms with Crippen molar-refractivity contribution in [1.82, 2.24) is 0 Å². The fourth-order valence-corrected chi connectivity index (χ4v) is 4.58. The summed E-state index contributed by atoms with van der Waals surface area (Å²) in [6, 6.07) is 0.